The number of benzene rings is 4. The number of para-hydroxylation sites is 2. The number of nitrogens with zero attached hydrogens (tertiary/aromatic N) is 6. The summed E-state index contributed by atoms with van der Waals surface area (Å²) in [5.41, 5.74) is 11.0. The quantitative estimate of drug-likeness (QED) is 0.184. The third-order valence-electron chi connectivity index (χ3n) is 10.9. The second-order valence-electron chi connectivity index (χ2n) is 13.4. The molecule has 0 bridgehead atoms. The van der Waals surface area contributed by atoms with E-state index in [-0.39, 0.29) is 24.2 Å². The van der Waals surface area contributed by atoms with Crippen molar-refractivity contribution in [3.63, 3.8) is 0 Å². The maximum absolute atomic E-state index is 6.68. The molecule has 0 radical (unpaired) electrons. The normalized spacial score (nSPS) is 22.5. The molecule has 4 aliphatic rings. The molecule has 0 amide bonds. The maximum Gasteiger partial charge on any atom is 0.161 e. The van der Waals surface area contributed by atoms with Gasteiger partial charge in [0.2, 0.25) is 0 Å². The van der Waals surface area contributed by atoms with Crippen LogP contribution in [-0.2, 0) is 0 Å². The van der Waals surface area contributed by atoms with E-state index in [1.54, 1.807) is 0 Å². The van der Waals surface area contributed by atoms with Gasteiger partial charge in [0.1, 0.15) is 23.6 Å². The highest BCUT2D eigenvalue weighted by molar-refractivity contribution is 6.11. The van der Waals surface area contributed by atoms with Crippen molar-refractivity contribution in [3.8, 4) is 11.4 Å². The summed E-state index contributed by atoms with van der Waals surface area (Å²) in [6, 6.07) is 30.1. The van der Waals surface area contributed by atoms with Crippen LogP contribution in [0.4, 0.5) is 22.9 Å². The molecular weight excluding hydrogens is 580 g/mol. The number of aromatic nitrogens is 2. The van der Waals surface area contributed by atoms with Crippen LogP contribution in [0.3, 0.4) is 0 Å². The molecule has 6 heterocycles. The summed E-state index contributed by atoms with van der Waals surface area (Å²) in [6.07, 6.45) is 7.34. The van der Waals surface area contributed by atoms with Crippen molar-refractivity contribution in [2.24, 2.45) is 5.92 Å². The Kier molecular flexibility index (Phi) is 5.38. The topological polar surface area (TPSA) is 51.9 Å². The highest BCUT2D eigenvalue weighted by Crippen LogP contribution is 2.59. The fourth-order valence-electron chi connectivity index (χ4n) is 8.84. The van der Waals surface area contributed by atoms with Crippen molar-refractivity contribution in [1.82, 2.24) is 14.9 Å². The molecule has 0 N–H and O–H groups in total. The fraction of sp³-hybridized carbons (Fsp3) is 0.200. The van der Waals surface area contributed by atoms with Crippen molar-refractivity contribution in [2.75, 3.05) is 28.8 Å². The number of allylic oxidation sites excluding steroid dienone is 1. The molecule has 7 heteroatoms. The average molecular weight is 615 g/mol. The van der Waals surface area contributed by atoms with Gasteiger partial charge < -0.3 is 24.0 Å². The molecule has 0 spiro atoms. The molecule has 7 nitrogen and oxygen atoms in total. The molecule has 47 heavy (non-hydrogen) atoms. The molecular formula is C40H34N6O. The second-order valence-corrected chi connectivity index (χ2v) is 13.4. The third kappa shape index (κ3) is 3.51. The Morgan fingerprint density at radius 2 is 1.62 bits per heavy atom. The molecule has 4 aromatic carbocycles. The Morgan fingerprint density at radius 3 is 2.51 bits per heavy atom. The second kappa shape index (κ2) is 9.48. The van der Waals surface area contributed by atoms with Gasteiger partial charge >= 0.3 is 0 Å². The Morgan fingerprint density at radius 1 is 0.809 bits per heavy atom. The zero-order valence-corrected chi connectivity index (χ0v) is 26.6. The first kappa shape index (κ1) is 26.6. The number of hydrogen-bond donors (Lipinski definition) is 0. The summed E-state index contributed by atoms with van der Waals surface area (Å²) in [6.45, 7) is 6.88. The average Bonchev–Trinajstić information content (AvgIpc) is 3.75. The molecule has 230 valence electrons. The van der Waals surface area contributed by atoms with Gasteiger partial charge in [-0.3, -0.25) is 0 Å². The van der Waals surface area contributed by atoms with Crippen molar-refractivity contribution in [2.45, 2.75) is 31.6 Å². The molecule has 10 rings (SSSR count). The number of anilines is 4. The summed E-state index contributed by atoms with van der Waals surface area (Å²) in [7, 11) is 4.41. The smallest absolute Gasteiger partial charge is 0.161 e. The minimum absolute atomic E-state index is 0.00500. The van der Waals surface area contributed by atoms with Gasteiger partial charge in [0, 0.05) is 65.9 Å². The zero-order valence-electron chi connectivity index (χ0n) is 26.6. The van der Waals surface area contributed by atoms with Gasteiger partial charge in [0.05, 0.1) is 11.9 Å². The number of rotatable bonds is 1. The van der Waals surface area contributed by atoms with Gasteiger partial charge in [-0.25, -0.2) is 9.97 Å². The van der Waals surface area contributed by atoms with Crippen LogP contribution < -0.4 is 14.7 Å². The molecule has 2 aromatic heterocycles. The first-order valence-corrected chi connectivity index (χ1v) is 16.3. The first-order chi connectivity index (χ1) is 23.0. The van der Waals surface area contributed by atoms with Crippen molar-refractivity contribution in [3.05, 3.63) is 127 Å². The van der Waals surface area contributed by atoms with Crippen LogP contribution in [0, 0.1) is 12.8 Å². The van der Waals surface area contributed by atoms with E-state index in [4.69, 9.17) is 21.0 Å². The SMILES string of the molecule is C=C1CC2c3ccccc3N3c4cnc(-c5ccccc5C)nc4N(C)C3C2C2N(C)C=CN2c2c1ccc1c2oc2ccccc21. The van der Waals surface area contributed by atoms with Crippen LogP contribution in [0.15, 0.2) is 115 Å². The van der Waals surface area contributed by atoms with E-state index in [9.17, 15) is 0 Å². The first-order valence-electron chi connectivity index (χ1n) is 16.3. The van der Waals surface area contributed by atoms with E-state index >= 15 is 0 Å². The lowest BCUT2D eigenvalue weighted by atomic mass is 9.72. The number of fused-ring (bicyclic) bond motifs is 16. The summed E-state index contributed by atoms with van der Waals surface area (Å²) >= 11 is 0. The summed E-state index contributed by atoms with van der Waals surface area (Å²) in [5.74, 6) is 2.08. The Bertz CT molecular complexity index is 2320. The van der Waals surface area contributed by atoms with Crippen LogP contribution >= 0.6 is 0 Å². The summed E-state index contributed by atoms with van der Waals surface area (Å²) in [5, 5.41) is 2.27. The van der Waals surface area contributed by atoms with Crippen molar-refractivity contribution < 1.29 is 4.42 Å². The van der Waals surface area contributed by atoms with E-state index in [0.29, 0.717) is 0 Å². The summed E-state index contributed by atoms with van der Waals surface area (Å²) in [4.78, 5) is 19.9. The lowest BCUT2D eigenvalue weighted by molar-refractivity contribution is 0.186. The molecule has 0 saturated heterocycles. The van der Waals surface area contributed by atoms with Gasteiger partial charge in [-0.15, -0.1) is 0 Å². The third-order valence-corrected chi connectivity index (χ3v) is 10.9. The minimum Gasteiger partial charge on any atom is -0.454 e. The monoisotopic (exact) mass is 614 g/mol. The molecule has 6 aromatic rings. The predicted octanol–water partition coefficient (Wildman–Crippen LogP) is 8.65. The molecule has 4 aliphatic heterocycles. The van der Waals surface area contributed by atoms with Gasteiger partial charge in [-0.2, -0.15) is 0 Å². The lowest BCUT2D eigenvalue weighted by Gasteiger charge is -2.52. The largest absolute Gasteiger partial charge is 0.454 e. The standard InChI is InChI=1S/C40H34N6O/c1-23-11-5-6-12-26(23)37-41-22-32-38(42-37)44(4)40-34-30(27-13-7-9-15-31(27)46(32)40)21-24(2)25-17-18-29-28-14-8-10-16-33(28)47-36(29)35(25)45-20-19-43(3)39(34)45/h5-20,22,30,34,39-40H,2,21H2,1,3-4H3. The van der Waals surface area contributed by atoms with Crippen LogP contribution in [0.1, 0.15) is 29.0 Å². The van der Waals surface area contributed by atoms with E-state index in [1.165, 1.54) is 16.8 Å². The molecule has 0 fully saturated rings. The fourth-order valence-corrected chi connectivity index (χ4v) is 8.84. The minimum atomic E-state index is 0.00500. The van der Waals surface area contributed by atoms with Crippen molar-refractivity contribution >= 4 is 50.4 Å². The van der Waals surface area contributed by atoms with Gasteiger partial charge in [-0.05, 0) is 48.2 Å². The number of aryl methyl sites for hydroxylation is 1. The Hall–Kier alpha value is -5.56. The number of furan rings is 1. The summed E-state index contributed by atoms with van der Waals surface area (Å²) < 4.78 is 6.68. The van der Waals surface area contributed by atoms with Gasteiger partial charge in [0.15, 0.2) is 17.2 Å². The zero-order chi connectivity index (χ0) is 31.6. The molecule has 0 aliphatic carbocycles. The van der Waals surface area contributed by atoms with Gasteiger partial charge in [0.25, 0.3) is 0 Å². The molecule has 4 unspecified atom stereocenters. The predicted molar refractivity (Wildman–Crippen MR) is 190 cm³/mol. The van der Waals surface area contributed by atoms with Gasteiger partial charge in [-0.1, -0.05) is 73.3 Å². The van der Waals surface area contributed by atoms with E-state index in [1.807, 2.05) is 12.3 Å². The Labute approximate surface area is 273 Å². The maximum atomic E-state index is 6.68. The van der Waals surface area contributed by atoms with Crippen LogP contribution in [0.5, 0.6) is 0 Å². The van der Waals surface area contributed by atoms with E-state index in [0.717, 1.165) is 68.1 Å². The van der Waals surface area contributed by atoms with Crippen LogP contribution in [0.25, 0.3) is 38.9 Å². The molecule has 4 atom stereocenters. The van der Waals surface area contributed by atoms with E-state index in [2.05, 4.69) is 132 Å². The lowest BCUT2D eigenvalue weighted by Crippen LogP contribution is -2.59. The Balaban J connectivity index is 1.19. The highest BCUT2D eigenvalue weighted by Gasteiger charge is 2.55. The van der Waals surface area contributed by atoms with Crippen LogP contribution in [0.2, 0.25) is 0 Å². The highest BCUT2D eigenvalue weighted by atomic mass is 16.3. The van der Waals surface area contributed by atoms with Crippen LogP contribution in [-0.4, -0.2) is 41.3 Å². The number of hydrogen-bond acceptors (Lipinski definition) is 7. The van der Waals surface area contributed by atoms with E-state index < -0.39 is 0 Å². The van der Waals surface area contributed by atoms with Crippen molar-refractivity contribution in [1.29, 1.82) is 0 Å². The molecule has 0 saturated carbocycles.